The molecule has 2 heterocycles. The van der Waals surface area contributed by atoms with Gasteiger partial charge in [-0.25, -0.2) is 4.98 Å². The number of nitrogens with zero attached hydrogens (tertiary/aromatic N) is 3. The molecule has 1 aromatic heterocycles. The van der Waals surface area contributed by atoms with Crippen molar-refractivity contribution in [3.63, 3.8) is 0 Å². The largest absolute Gasteiger partial charge is 0.347 e. The van der Waals surface area contributed by atoms with Crippen LogP contribution in [0.2, 0.25) is 0 Å². The molecule has 1 N–H and O–H groups in total. The minimum absolute atomic E-state index is 0.207. The van der Waals surface area contributed by atoms with Crippen molar-refractivity contribution in [2.45, 2.75) is 19.3 Å². The van der Waals surface area contributed by atoms with Gasteiger partial charge in [0.05, 0.1) is 11.9 Å². The maximum Gasteiger partial charge on any atom is 0.271 e. The van der Waals surface area contributed by atoms with Crippen molar-refractivity contribution in [1.82, 2.24) is 20.2 Å². The van der Waals surface area contributed by atoms with Gasteiger partial charge in [-0.1, -0.05) is 6.08 Å². The van der Waals surface area contributed by atoms with Crippen LogP contribution in [-0.4, -0.2) is 47.5 Å². The van der Waals surface area contributed by atoms with Crippen molar-refractivity contribution in [2.24, 2.45) is 5.92 Å². The summed E-state index contributed by atoms with van der Waals surface area (Å²) in [6.07, 6.45) is 8.34. The summed E-state index contributed by atoms with van der Waals surface area (Å²) >= 11 is 0. The van der Waals surface area contributed by atoms with Gasteiger partial charge in [0.25, 0.3) is 5.91 Å². The normalized spacial score (nSPS) is 19.6. The van der Waals surface area contributed by atoms with Crippen LogP contribution in [0.4, 0.5) is 0 Å². The molecule has 0 spiro atoms. The Morgan fingerprint density at radius 2 is 2.40 bits per heavy atom. The van der Waals surface area contributed by atoms with Crippen molar-refractivity contribution in [3.8, 4) is 0 Å². The Kier molecular flexibility index (Phi) is 5.24. The third-order valence-corrected chi connectivity index (χ3v) is 3.56. The van der Waals surface area contributed by atoms with Gasteiger partial charge >= 0.3 is 0 Å². The van der Waals surface area contributed by atoms with E-state index in [-0.39, 0.29) is 5.91 Å². The average Bonchev–Trinajstić information content (AvgIpc) is 2.45. The van der Waals surface area contributed by atoms with Crippen LogP contribution in [0.5, 0.6) is 0 Å². The lowest BCUT2D eigenvalue weighted by Gasteiger charge is -2.29. The summed E-state index contributed by atoms with van der Waals surface area (Å²) in [6.45, 7) is 6.30. The predicted octanol–water partition coefficient (Wildman–Crippen LogP) is 1.28. The van der Waals surface area contributed by atoms with Gasteiger partial charge in [0, 0.05) is 19.3 Å². The molecule has 0 aromatic carbocycles. The second-order valence-electron chi connectivity index (χ2n) is 5.37. The fourth-order valence-electron chi connectivity index (χ4n) is 2.57. The zero-order valence-electron chi connectivity index (χ0n) is 12.0. The molecule has 0 bridgehead atoms. The summed E-state index contributed by atoms with van der Waals surface area (Å²) in [7, 11) is 2.16. The second-order valence-corrected chi connectivity index (χ2v) is 5.37. The number of carbonyl (C=O) groups is 1. The highest BCUT2D eigenvalue weighted by atomic mass is 16.1. The average molecular weight is 274 g/mol. The Hall–Kier alpha value is -1.75. The van der Waals surface area contributed by atoms with Crippen molar-refractivity contribution >= 4 is 5.91 Å². The van der Waals surface area contributed by atoms with Gasteiger partial charge < -0.3 is 10.2 Å². The number of amides is 1. The van der Waals surface area contributed by atoms with Crippen molar-refractivity contribution in [2.75, 3.05) is 26.7 Å². The minimum Gasteiger partial charge on any atom is -0.347 e. The maximum atomic E-state index is 11.7. The Morgan fingerprint density at radius 1 is 1.55 bits per heavy atom. The summed E-state index contributed by atoms with van der Waals surface area (Å²) < 4.78 is 0. The molecule has 20 heavy (non-hydrogen) atoms. The molecule has 1 aromatic rings. The van der Waals surface area contributed by atoms with Crippen molar-refractivity contribution < 1.29 is 4.79 Å². The molecule has 5 heteroatoms. The van der Waals surface area contributed by atoms with Crippen LogP contribution in [0.1, 0.15) is 29.0 Å². The molecular weight excluding hydrogens is 252 g/mol. The topological polar surface area (TPSA) is 58.1 Å². The fraction of sp³-hybridized carbons (Fsp3) is 0.533. The molecular formula is C15H22N4O. The number of nitrogens with one attached hydrogen (secondary N) is 1. The van der Waals surface area contributed by atoms with E-state index >= 15 is 0 Å². The summed E-state index contributed by atoms with van der Waals surface area (Å²) in [5, 5.41) is 2.69. The van der Waals surface area contributed by atoms with Gasteiger partial charge in [0.1, 0.15) is 5.69 Å². The highest BCUT2D eigenvalue weighted by Gasteiger charge is 2.18. The van der Waals surface area contributed by atoms with E-state index in [0.29, 0.717) is 18.2 Å². The third kappa shape index (κ3) is 4.13. The molecule has 0 saturated carbocycles. The van der Waals surface area contributed by atoms with Crippen molar-refractivity contribution in [3.05, 3.63) is 36.4 Å². The van der Waals surface area contributed by atoms with E-state index in [0.717, 1.165) is 18.7 Å². The molecule has 1 fully saturated rings. The Bertz CT molecular complexity index is 457. The van der Waals surface area contributed by atoms with Crippen LogP contribution in [0.25, 0.3) is 0 Å². The Morgan fingerprint density at radius 3 is 3.05 bits per heavy atom. The van der Waals surface area contributed by atoms with Crippen LogP contribution in [-0.2, 0) is 6.42 Å². The molecule has 1 aliphatic heterocycles. The van der Waals surface area contributed by atoms with Gasteiger partial charge in [0.2, 0.25) is 0 Å². The number of hydrogen-bond acceptors (Lipinski definition) is 4. The molecule has 1 aliphatic rings. The third-order valence-electron chi connectivity index (χ3n) is 3.56. The molecule has 0 aliphatic carbocycles. The van der Waals surface area contributed by atoms with E-state index in [1.54, 1.807) is 18.5 Å². The summed E-state index contributed by atoms with van der Waals surface area (Å²) in [4.78, 5) is 22.6. The first-order chi connectivity index (χ1) is 9.69. The SMILES string of the molecule is C=CCNC(=O)c1cnc(CC2CCCN(C)C2)cn1. The van der Waals surface area contributed by atoms with Crippen LogP contribution in [0, 0.1) is 5.92 Å². The number of hydrogen-bond donors (Lipinski definition) is 1. The van der Waals surface area contributed by atoms with Gasteiger partial charge in [-0.05, 0) is 38.8 Å². The van der Waals surface area contributed by atoms with E-state index in [1.165, 1.54) is 19.4 Å². The lowest BCUT2D eigenvalue weighted by atomic mass is 9.94. The van der Waals surface area contributed by atoms with E-state index in [1.807, 2.05) is 0 Å². The predicted molar refractivity (Wildman–Crippen MR) is 78.5 cm³/mol. The molecule has 1 atom stereocenters. The first kappa shape index (κ1) is 14.7. The second kappa shape index (κ2) is 7.14. The summed E-state index contributed by atoms with van der Waals surface area (Å²) in [6, 6.07) is 0. The van der Waals surface area contributed by atoms with Gasteiger partial charge in [-0.3, -0.25) is 9.78 Å². The number of carbonyl (C=O) groups excluding carboxylic acids is 1. The first-order valence-electron chi connectivity index (χ1n) is 7.07. The molecule has 1 saturated heterocycles. The monoisotopic (exact) mass is 274 g/mol. The standard InChI is InChI=1S/C15H22N4O/c1-3-6-16-15(20)14-10-17-13(9-18-14)8-12-5-4-7-19(2)11-12/h3,9-10,12H,1,4-8,11H2,2H3,(H,16,20). The smallest absolute Gasteiger partial charge is 0.271 e. The molecule has 1 unspecified atom stereocenters. The van der Waals surface area contributed by atoms with E-state index in [2.05, 4.69) is 33.8 Å². The molecule has 5 nitrogen and oxygen atoms in total. The van der Waals surface area contributed by atoms with Gasteiger partial charge in [0.15, 0.2) is 0 Å². The maximum absolute atomic E-state index is 11.7. The van der Waals surface area contributed by atoms with Gasteiger partial charge in [-0.2, -0.15) is 0 Å². The summed E-state index contributed by atoms with van der Waals surface area (Å²) in [5.41, 5.74) is 1.32. The van der Waals surface area contributed by atoms with Crippen molar-refractivity contribution in [1.29, 1.82) is 0 Å². The van der Waals surface area contributed by atoms with Crippen LogP contribution in [0.15, 0.2) is 25.0 Å². The van der Waals surface area contributed by atoms with E-state index in [4.69, 9.17) is 0 Å². The van der Waals surface area contributed by atoms with Crippen LogP contribution >= 0.6 is 0 Å². The fourth-order valence-corrected chi connectivity index (χ4v) is 2.57. The Labute approximate surface area is 120 Å². The van der Waals surface area contributed by atoms with E-state index in [9.17, 15) is 4.79 Å². The van der Waals surface area contributed by atoms with E-state index < -0.39 is 0 Å². The molecule has 2 rings (SSSR count). The molecule has 108 valence electrons. The summed E-state index contributed by atoms with van der Waals surface area (Å²) in [5.74, 6) is 0.435. The highest BCUT2D eigenvalue weighted by Crippen LogP contribution is 2.18. The van der Waals surface area contributed by atoms with Gasteiger partial charge in [-0.15, -0.1) is 6.58 Å². The molecule has 0 radical (unpaired) electrons. The van der Waals surface area contributed by atoms with Crippen LogP contribution in [0.3, 0.4) is 0 Å². The minimum atomic E-state index is -0.207. The number of piperidine rings is 1. The van der Waals surface area contributed by atoms with Crippen LogP contribution < -0.4 is 5.32 Å². The number of rotatable bonds is 5. The highest BCUT2D eigenvalue weighted by molar-refractivity contribution is 5.91. The quantitative estimate of drug-likeness (QED) is 0.822. The first-order valence-corrected chi connectivity index (χ1v) is 7.07. The zero-order valence-corrected chi connectivity index (χ0v) is 12.0. The lowest BCUT2D eigenvalue weighted by Crippen LogP contribution is -2.33. The lowest BCUT2D eigenvalue weighted by molar-refractivity contribution is 0.0952. The zero-order chi connectivity index (χ0) is 14.4. The Balaban J connectivity index is 1.90. The molecule has 1 amide bonds. The number of likely N-dealkylation sites (tertiary alicyclic amines) is 1. The number of aromatic nitrogens is 2.